The predicted octanol–water partition coefficient (Wildman–Crippen LogP) is 4.90. The average molecular weight is 538 g/mol. The number of rotatable bonds is 7. The highest BCUT2D eigenvalue weighted by Gasteiger charge is 2.26. The Bertz CT molecular complexity index is 1320. The van der Waals surface area contributed by atoms with Gasteiger partial charge in [-0.15, -0.1) is 23.1 Å². The van der Waals surface area contributed by atoms with Crippen molar-refractivity contribution in [2.24, 2.45) is 4.99 Å². The molecular weight excluding hydrogens is 514 g/mol. The van der Waals surface area contributed by atoms with E-state index < -0.39 is 5.97 Å². The van der Waals surface area contributed by atoms with Crippen molar-refractivity contribution in [2.45, 2.75) is 39.2 Å². The number of carbonyl (C=O) groups excluding carboxylic acids is 3. The first-order chi connectivity index (χ1) is 16.4. The molecule has 1 aromatic carbocycles. The molecule has 0 spiro atoms. The normalized spacial score (nSPS) is 13.7. The van der Waals surface area contributed by atoms with Crippen molar-refractivity contribution in [3.05, 3.63) is 44.0 Å². The number of nitrogens with zero attached hydrogens (tertiary/aromatic N) is 2. The van der Waals surface area contributed by atoms with Crippen molar-refractivity contribution in [3.8, 4) is 0 Å². The van der Waals surface area contributed by atoms with Crippen molar-refractivity contribution in [1.82, 2.24) is 4.57 Å². The number of aromatic nitrogens is 1. The van der Waals surface area contributed by atoms with E-state index in [2.05, 4.69) is 10.3 Å². The summed E-state index contributed by atoms with van der Waals surface area (Å²) in [5.74, 6) is -0.830. The topological polar surface area (TPSA) is 89.8 Å². The van der Waals surface area contributed by atoms with Gasteiger partial charge in [0.25, 0.3) is 5.91 Å². The number of hydrogen-bond acceptors (Lipinski definition) is 7. The van der Waals surface area contributed by atoms with Crippen LogP contribution < -0.4 is 10.1 Å². The number of thiazole rings is 1. The summed E-state index contributed by atoms with van der Waals surface area (Å²) >= 11 is 10.1. The third-order valence-corrected chi connectivity index (χ3v) is 8.85. The SMILES string of the molecule is CCn1c(=NC(=O)CSCC(=O)Nc2sc3c(c2C(=O)OC)CCCC3)sc2cc(Cl)ccc21. The maximum atomic E-state index is 12.5. The molecule has 0 fully saturated rings. The van der Waals surface area contributed by atoms with Crippen LogP contribution in [0.1, 0.15) is 40.6 Å². The van der Waals surface area contributed by atoms with Crippen molar-refractivity contribution < 1.29 is 19.1 Å². The van der Waals surface area contributed by atoms with E-state index in [0.717, 1.165) is 46.3 Å². The minimum absolute atomic E-state index is 0.0803. The second kappa shape index (κ2) is 11.1. The lowest BCUT2D eigenvalue weighted by atomic mass is 9.95. The van der Waals surface area contributed by atoms with Crippen LogP contribution in [0, 0.1) is 0 Å². The highest BCUT2D eigenvalue weighted by atomic mass is 35.5. The van der Waals surface area contributed by atoms with E-state index >= 15 is 0 Å². The number of ether oxygens (including phenoxy) is 1. The Morgan fingerprint density at radius 3 is 2.76 bits per heavy atom. The summed E-state index contributed by atoms with van der Waals surface area (Å²) in [6, 6.07) is 5.60. The van der Waals surface area contributed by atoms with Gasteiger partial charge in [0.15, 0.2) is 4.80 Å². The molecule has 0 bridgehead atoms. The number of methoxy groups -OCH3 is 1. The second-order valence-electron chi connectivity index (χ2n) is 7.69. The number of halogens is 1. The van der Waals surface area contributed by atoms with Crippen LogP contribution >= 0.6 is 46.0 Å². The molecule has 180 valence electrons. The zero-order chi connectivity index (χ0) is 24.2. The number of benzene rings is 1. The average Bonchev–Trinajstić information content (AvgIpc) is 3.34. The highest BCUT2D eigenvalue weighted by Crippen LogP contribution is 2.38. The maximum Gasteiger partial charge on any atom is 0.341 e. The lowest BCUT2D eigenvalue weighted by Gasteiger charge is -2.11. The third-order valence-electron chi connectivity index (χ3n) is 5.45. The van der Waals surface area contributed by atoms with E-state index in [0.29, 0.717) is 26.9 Å². The molecule has 2 aromatic heterocycles. The minimum atomic E-state index is -0.426. The molecule has 0 aliphatic heterocycles. The number of esters is 1. The van der Waals surface area contributed by atoms with Crippen LogP contribution in [0.15, 0.2) is 23.2 Å². The number of hydrogen-bond donors (Lipinski definition) is 1. The first-order valence-electron chi connectivity index (χ1n) is 10.9. The summed E-state index contributed by atoms with van der Waals surface area (Å²) in [4.78, 5) is 43.3. The Morgan fingerprint density at radius 2 is 2.00 bits per heavy atom. The number of anilines is 1. The summed E-state index contributed by atoms with van der Waals surface area (Å²) in [5, 5.41) is 4.02. The van der Waals surface area contributed by atoms with Gasteiger partial charge < -0.3 is 14.6 Å². The van der Waals surface area contributed by atoms with Gasteiger partial charge in [0, 0.05) is 16.4 Å². The molecule has 1 aliphatic rings. The first kappa shape index (κ1) is 25.0. The van der Waals surface area contributed by atoms with Crippen LogP contribution in [0.5, 0.6) is 0 Å². The van der Waals surface area contributed by atoms with Gasteiger partial charge in [-0.25, -0.2) is 4.79 Å². The number of carbonyl (C=O) groups is 3. The fourth-order valence-electron chi connectivity index (χ4n) is 3.94. The molecule has 1 aliphatic carbocycles. The van der Waals surface area contributed by atoms with Crippen molar-refractivity contribution in [2.75, 3.05) is 23.9 Å². The Morgan fingerprint density at radius 1 is 1.21 bits per heavy atom. The molecular formula is C23H24ClN3O4S3. The van der Waals surface area contributed by atoms with Gasteiger partial charge in [-0.05, 0) is 56.4 Å². The van der Waals surface area contributed by atoms with E-state index in [1.165, 1.54) is 41.5 Å². The first-order valence-corrected chi connectivity index (χ1v) is 14.0. The highest BCUT2D eigenvalue weighted by molar-refractivity contribution is 8.00. The fourth-order valence-corrected chi connectivity index (χ4v) is 7.22. The number of amides is 2. The van der Waals surface area contributed by atoms with Crippen molar-refractivity contribution in [1.29, 1.82) is 0 Å². The molecule has 0 radical (unpaired) electrons. The van der Waals surface area contributed by atoms with Gasteiger partial charge in [0.05, 0.1) is 34.4 Å². The van der Waals surface area contributed by atoms with Crippen molar-refractivity contribution >= 4 is 79.0 Å². The largest absolute Gasteiger partial charge is 0.465 e. The second-order valence-corrected chi connectivity index (χ2v) is 11.2. The van der Waals surface area contributed by atoms with E-state index in [1.54, 1.807) is 0 Å². The standard InChI is InChI=1S/C23H24ClN3O4S3/c1-3-27-15-9-8-13(24)10-17(15)34-23(27)26-19(29)12-32-11-18(28)25-21-20(22(30)31-2)14-6-4-5-7-16(14)33-21/h8-10H,3-7,11-12H2,1-2H3,(H,25,28). The molecule has 7 nitrogen and oxygen atoms in total. The van der Waals surface area contributed by atoms with Gasteiger partial charge in [-0.2, -0.15) is 4.99 Å². The number of thioether (sulfide) groups is 1. The van der Waals surface area contributed by atoms with Gasteiger partial charge in [-0.3, -0.25) is 9.59 Å². The fraction of sp³-hybridized carbons (Fsp3) is 0.391. The molecule has 2 amide bonds. The summed E-state index contributed by atoms with van der Waals surface area (Å²) in [6.45, 7) is 2.67. The number of nitrogens with one attached hydrogen (secondary N) is 1. The molecule has 0 saturated carbocycles. The van der Waals surface area contributed by atoms with Crippen LogP contribution in [0.3, 0.4) is 0 Å². The van der Waals surface area contributed by atoms with E-state index in [4.69, 9.17) is 16.3 Å². The molecule has 34 heavy (non-hydrogen) atoms. The van der Waals surface area contributed by atoms with Gasteiger partial charge in [0.2, 0.25) is 5.91 Å². The zero-order valence-electron chi connectivity index (χ0n) is 18.8. The molecule has 0 saturated heterocycles. The molecule has 0 atom stereocenters. The zero-order valence-corrected chi connectivity index (χ0v) is 22.0. The van der Waals surface area contributed by atoms with Gasteiger partial charge in [-0.1, -0.05) is 22.9 Å². The van der Waals surface area contributed by atoms with Crippen molar-refractivity contribution in [3.63, 3.8) is 0 Å². The number of aryl methyl sites for hydroxylation is 2. The van der Waals surface area contributed by atoms with Crippen LogP contribution in [0.4, 0.5) is 5.00 Å². The summed E-state index contributed by atoms with van der Waals surface area (Å²) in [5.41, 5.74) is 2.45. The Balaban J connectivity index is 1.40. The molecule has 11 heteroatoms. The summed E-state index contributed by atoms with van der Waals surface area (Å²) < 4.78 is 7.88. The quantitative estimate of drug-likeness (QED) is 0.433. The molecule has 4 rings (SSSR count). The van der Waals surface area contributed by atoms with Crippen LogP contribution in [-0.4, -0.2) is 41.0 Å². The Kier molecular flexibility index (Phi) is 8.13. The number of fused-ring (bicyclic) bond motifs is 2. The van der Waals surface area contributed by atoms with Crippen LogP contribution in [0.25, 0.3) is 10.2 Å². The summed E-state index contributed by atoms with van der Waals surface area (Å²) in [7, 11) is 1.35. The lowest BCUT2D eigenvalue weighted by Crippen LogP contribution is -2.18. The predicted molar refractivity (Wildman–Crippen MR) is 139 cm³/mol. The lowest BCUT2D eigenvalue weighted by molar-refractivity contribution is -0.115. The Labute approximate surface area is 214 Å². The summed E-state index contributed by atoms with van der Waals surface area (Å²) in [6.07, 6.45) is 3.83. The van der Waals surface area contributed by atoms with E-state index in [1.807, 2.05) is 29.7 Å². The van der Waals surface area contributed by atoms with Crippen LogP contribution in [-0.2, 0) is 33.7 Å². The smallest absolute Gasteiger partial charge is 0.341 e. The monoisotopic (exact) mass is 537 g/mol. The molecule has 0 unspecified atom stereocenters. The number of thiophene rings is 1. The molecule has 3 aromatic rings. The third kappa shape index (κ3) is 5.40. The minimum Gasteiger partial charge on any atom is -0.465 e. The van der Waals surface area contributed by atoms with Gasteiger partial charge >= 0.3 is 5.97 Å². The van der Waals surface area contributed by atoms with Gasteiger partial charge in [0.1, 0.15) is 5.00 Å². The molecule has 2 heterocycles. The molecule has 1 N–H and O–H groups in total. The maximum absolute atomic E-state index is 12.5. The van der Waals surface area contributed by atoms with E-state index in [-0.39, 0.29) is 23.3 Å². The Hall–Kier alpha value is -2.14. The van der Waals surface area contributed by atoms with Crippen LogP contribution in [0.2, 0.25) is 5.02 Å². The van der Waals surface area contributed by atoms with E-state index in [9.17, 15) is 14.4 Å².